The van der Waals surface area contributed by atoms with E-state index in [-0.39, 0.29) is 16.8 Å². The quantitative estimate of drug-likeness (QED) is 0.426. The third kappa shape index (κ3) is 3.02. The number of benzene rings is 3. The van der Waals surface area contributed by atoms with Crippen molar-refractivity contribution >= 4 is 23.0 Å². The average molecular weight is 406 g/mol. The van der Waals surface area contributed by atoms with Gasteiger partial charge in [0.15, 0.2) is 0 Å². The van der Waals surface area contributed by atoms with E-state index in [0.717, 1.165) is 29.0 Å². The molecule has 3 aromatic rings. The first kappa shape index (κ1) is 17.7. The molecule has 0 bridgehead atoms. The second-order valence-corrected chi connectivity index (χ2v) is 7.40. The Morgan fingerprint density at radius 3 is 2.62 bits per heavy atom. The number of nitrogens with zero attached hydrogens (tertiary/aromatic N) is 3. The first-order chi connectivity index (χ1) is 14.1. The highest BCUT2D eigenvalue weighted by atomic mass is 35.5. The summed E-state index contributed by atoms with van der Waals surface area (Å²) in [4.78, 5) is 10.9. The van der Waals surface area contributed by atoms with Crippen molar-refractivity contribution < 1.29 is 9.66 Å². The number of hydrogen-bond donors (Lipinski definition) is 0. The van der Waals surface area contributed by atoms with E-state index in [1.807, 2.05) is 59.6 Å². The predicted octanol–water partition coefficient (Wildman–Crippen LogP) is 5.49. The largest absolute Gasteiger partial charge is 0.464 e. The lowest BCUT2D eigenvalue weighted by Gasteiger charge is -2.38. The van der Waals surface area contributed by atoms with E-state index < -0.39 is 11.2 Å². The van der Waals surface area contributed by atoms with Gasteiger partial charge in [-0.3, -0.25) is 10.1 Å². The van der Waals surface area contributed by atoms with Crippen molar-refractivity contribution in [2.45, 2.75) is 18.7 Å². The molecule has 0 spiro atoms. The van der Waals surface area contributed by atoms with Gasteiger partial charge in [0.25, 0.3) is 5.69 Å². The Labute approximate surface area is 172 Å². The predicted molar refractivity (Wildman–Crippen MR) is 110 cm³/mol. The van der Waals surface area contributed by atoms with Crippen LogP contribution in [-0.2, 0) is 0 Å². The summed E-state index contributed by atoms with van der Waals surface area (Å²) < 4.78 is 6.24. The SMILES string of the molecule is O=[N+]([O-])c1cc(C2Oc3ccccc3C3CC(c4ccccc4)=NN32)ccc1Cl. The van der Waals surface area contributed by atoms with Gasteiger partial charge in [0, 0.05) is 23.6 Å². The topological polar surface area (TPSA) is 68.0 Å². The molecule has 3 aromatic carbocycles. The number of hydrogen-bond acceptors (Lipinski definition) is 5. The molecule has 0 saturated heterocycles. The summed E-state index contributed by atoms with van der Waals surface area (Å²) in [6.07, 6.45) is 0.156. The fourth-order valence-corrected chi connectivity index (χ4v) is 4.07. The lowest BCUT2D eigenvalue weighted by molar-refractivity contribution is -0.384. The molecule has 7 heteroatoms. The molecular weight excluding hydrogens is 390 g/mol. The van der Waals surface area contributed by atoms with Crippen LogP contribution in [-0.4, -0.2) is 15.6 Å². The number of fused-ring (bicyclic) bond motifs is 3. The number of nitro groups is 1. The normalized spacial score (nSPS) is 19.8. The van der Waals surface area contributed by atoms with Crippen molar-refractivity contribution in [1.29, 1.82) is 0 Å². The van der Waals surface area contributed by atoms with Crippen molar-refractivity contribution in [3.8, 4) is 5.75 Å². The molecule has 0 aromatic heterocycles. The van der Waals surface area contributed by atoms with Gasteiger partial charge in [0.1, 0.15) is 10.8 Å². The molecule has 2 aliphatic rings. The fourth-order valence-electron chi connectivity index (χ4n) is 3.88. The number of halogens is 1. The summed E-state index contributed by atoms with van der Waals surface area (Å²) in [6, 6.07) is 22.6. The molecule has 0 saturated carbocycles. The minimum Gasteiger partial charge on any atom is -0.464 e. The van der Waals surface area contributed by atoms with Crippen LogP contribution in [0.25, 0.3) is 0 Å². The Kier molecular flexibility index (Phi) is 4.21. The van der Waals surface area contributed by atoms with E-state index in [0.29, 0.717) is 5.56 Å². The van der Waals surface area contributed by atoms with Crippen molar-refractivity contribution in [1.82, 2.24) is 5.01 Å². The molecule has 2 aliphatic heterocycles. The molecule has 2 heterocycles. The Balaban J connectivity index is 1.61. The van der Waals surface area contributed by atoms with Gasteiger partial charge in [-0.25, -0.2) is 5.01 Å². The van der Waals surface area contributed by atoms with Gasteiger partial charge in [0.05, 0.1) is 16.7 Å². The van der Waals surface area contributed by atoms with Gasteiger partial charge in [-0.15, -0.1) is 0 Å². The summed E-state index contributed by atoms with van der Waals surface area (Å²) >= 11 is 6.00. The molecule has 144 valence electrons. The lowest BCUT2D eigenvalue weighted by atomic mass is 9.96. The molecule has 0 N–H and O–H groups in total. The Bertz CT molecular complexity index is 1130. The van der Waals surface area contributed by atoms with Crippen LogP contribution < -0.4 is 4.74 Å². The molecule has 2 atom stereocenters. The Morgan fingerprint density at radius 1 is 1.07 bits per heavy atom. The first-order valence-corrected chi connectivity index (χ1v) is 9.60. The summed E-state index contributed by atoms with van der Waals surface area (Å²) in [5.74, 6) is 0.765. The van der Waals surface area contributed by atoms with Gasteiger partial charge >= 0.3 is 0 Å². The van der Waals surface area contributed by atoms with Gasteiger partial charge in [0.2, 0.25) is 6.23 Å². The van der Waals surface area contributed by atoms with Gasteiger partial charge < -0.3 is 4.74 Å². The van der Waals surface area contributed by atoms with Crippen LogP contribution >= 0.6 is 11.6 Å². The number of rotatable bonds is 3. The molecule has 6 nitrogen and oxygen atoms in total. The summed E-state index contributed by atoms with van der Waals surface area (Å²) in [6.45, 7) is 0. The van der Waals surface area contributed by atoms with Crippen LogP contribution in [0.1, 0.15) is 35.4 Å². The second-order valence-electron chi connectivity index (χ2n) is 6.99. The molecular formula is C22H16ClN3O3. The van der Waals surface area contributed by atoms with Crippen molar-refractivity contribution in [3.05, 3.63) is 105 Å². The van der Waals surface area contributed by atoms with Crippen molar-refractivity contribution in [3.63, 3.8) is 0 Å². The summed E-state index contributed by atoms with van der Waals surface area (Å²) in [5.41, 5.74) is 3.57. The van der Waals surface area contributed by atoms with Crippen molar-refractivity contribution in [2.24, 2.45) is 5.10 Å². The first-order valence-electron chi connectivity index (χ1n) is 9.22. The standard InChI is InChI=1S/C22H16ClN3O3/c23-17-11-10-15(12-20(17)26(27)28)22-25-19(16-8-4-5-9-21(16)29-22)13-18(24-25)14-6-2-1-3-7-14/h1-12,19,22H,13H2. The zero-order chi connectivity index (χ0) is 20.0. The summed E-state index contributed by atoms with van der Waals surface area (Å²) in [7, 11) is 0. The van der Waals surface area contributed by atoms with Crippen LogP contribution in [0.15, 0.2) is 77.9 Å². The highest BCUT2D eigenvalue weighted by molar-refractivity contribution is 6.32. The van der Waals surface area contributed by atoms with Gasteiger partial charge in [-0.05, 0) is 17.7 Å². The molecule has 2 unspecified atom stereocenters. The smallest absolute Gasteiger partial charge is 0.288 e. The minimum atomic E-state index is -0.577. The molecule has 0 amide bonds. The molecule has 0 fully saturated rings. The molecule has 29 heavy (non-hydrogen) atoms. The third-order valence-corrected chi connectivity index (χ3v) is 5.58. The maximum atomic E-state index is 11.4. The maximum absolute atomic E-state index is 11.4. The monoisotopic (exact) mass is 405 g/mol. The van der Waals surface area contributed by atoms with Crippen molar-refractivity contribution in [2.75, 3.05) is 0 Å². The lowest BCUT2D eigenvalue weighted by Crippen LogP contribution is -2.33. The fraction of sp³-hybridized carbons (Fsp3) is 0.136. The van der Waals surface area contributed by atoms with E-state index in [4.69, 9.17) is 21.4 Å². The highest BCUT2D eigenvalue weighted by Crippen LogP contribution is 2.47. The highest BCUT2D eigenvalue weighted by Gasteiger charge is 2.41. The average Bonchev–Trinajstić information content (AvgIpc) is 3.20. The Hall–Kier alpha value is -3.38. The van der Waals surface area contributed by atoms with E-state index >= 15 is 0 Å². The molecule has 0 radical (unpaired) electrons. The van der Waals surface area contributed by atoms with E-state index in [1.165, 1.54) is 12.1 Å². The van der Waals surface area contributed by atoms with Crippen LogP contribution in [0.3, 0.4) is 0 Å². The maximum Gasteiger partial charge on any atom is 0.288 e. The summed E-state index contributed by atoms with van der Waals surface area (Å²) in [5, 5.41) is 18.2. The van der Waals surface area contributed by atoms with Gasteiger partial charge in [-0.1, -0.05) is 66.2 Å². The second kappa shape index (κ2) is 6.90. The number of nitro benzene ring substituents is 1. The minimum absolute atomic E-state index is 0.00473. The van der Waals surface area contributed by atoms with E-state index in [1.54, 1.807) is 6.07 Å². The van der Waals surface area contributed by atoms with E-state index in [9.17, 15) is 10.1 Å². The van der Waals surface area contributed by atoms with Gasteiger partial charge in [-0.2, -0.15) is 5.10 Å². The van der Waals surface area contributed by atoms with Crippen LogP contribution in [0.2, 0.25) is 5.02 Å². The van der Waals surface area contributed by atoms with Crippen LogP contribution in [0, 0.1) is 10.1 Å². The van der Waals surface area contributed by atoms with E-state index in [2.05, 4.69) is 0 Å². The Morgan fingerprint density at radius 2 is 1.83 bits per heavy atom. The van der Waals surface area contributed by atoms with Crippen LogP contribution in [0.4, 0.5) is 5.69 Å². The number of para-hydroxylation sites is 1. The zero-order valence-electron chi connectivity index (χ0n) is 15.2. The third-order valence-electron chi connectivity index (χ3n) is 5.26. The van der Waals surface area contributed by atoms with Crippen LogP contribution in [0.5, 0.6) is 5.75 Å². The molecule has 5 rings (SSSR count). The zero-order valence-corrected chi connectivity index (χ0v) is 16.0. The molecule has 0 aliphatic carbocycles. The number of hydrazone groups is 1. The number of ether oxygens (including phenoxy) is 1.